The molecule has 1 aliphatic rings. The lowest BCUT2D eigenvalue weighted by Crippen LogP contribution is -2.34. The van der Waals surface area contributed by atoms with E-state index < -0.39 is 29.4 Å². The van der Waals surface area contributed by atoms with Gasteiger partial charge in [0.2, 0.25) is 5.91 Å². The highest BCUT2D eigenvalue weighted by atomic mass is 32.2. The fraction of sp³-hybridized carbons (Fsp3) is 0.154. The molecule has 2 amide bonds. The summed E-state index contributed by atoms with van der Waals surface area (Å²) in [5.74, 6) is -3.15. The van der Waals surface area contributed by atoms with Crippen molar-refractivity contribution in [3.8, 4) is 11.1 Å². The molecule has 0 spiro atoms. The minimum absolute atomic E-state index is 0.0316. The van der Waals surface area contributed by atoms with E-state index in [0.29, 0.717) is 21.0 Å². The molecule has 0 unspecified atom stereocenters. The molecule has 1 aromatic heterocycles. The van der Waals surface area contributed by atoms with Crippen molar-refractivity contribution in [2.75, 3.05) is 18.5 Å². The average molecular weight is 595 g/mol. The molecule has 0 atom stereocenters. The third kappa shape index (κ3) is 6.37. The molecule has 202 valence electrons. The highest BCUT2D eigenvalue weighted by molar-refractivity contribution is 8.26. The van der Waals surface area contributed by atoms with Crippen LogP contribution < -0.4 is 4.90 Å². The average Bonchev–Trinajstić information content (AvgIpc) is 3.45. The maximum atomic E-state index is 13.6. The van der Waals surface area contributed by atoms with Gasteiger partial charge in [0.15, 0.2) is 0 Å². The van der Waals surface area contributed by atoms with Crippen LogP contribution in [0, 0.1) is 5.82 Å². The van der Waals surface area contributed by atoms with E-state index in [4.69, 9.17) is 17.3 Å². The number of carboxylic acid groups (broad SMARTS) is 1. The summed E-state index contributed by atoms with van der Waals surface area (Å²) in [4.78, 5) is 40.2. The van der Waals surface area contributed by atoms with Gasteiger partial charge in [0, 0.05) is 30.6 Å². The molecule has 0 aliphatic carbocycles. The predicted octanol–water partition coefficient (Wildman–Crippen LogP) is 6.53. The third-order valence-corrected chi connectivity index (χ3v) is 8.05. The molecule has 4 rings (SSSR count). The molecule has 1 aliphatic heterocycles. The summed E-state index contributed by atoms with van der Waals surface area (Å²) in [5.41, 5.74) is -0.145. The standard InChI is InChI=1S/C26H18F4N2O4S3/c1-31(17-5-2-14(3-6-17)24(35)36)22(33)8-9-32-23(34)21(39-25(32)37)12-18-10-16(13-38-18)15-4-7-20(27)19(11-15)26(28,29)30/h2-7,10-13H,8-9H2,1H3,(H,35,36)/b21-12-. The summed E-state index contributed by atoms with van der Waals surface area (Å²) >= 11 is 7.56. The van der Waals surface area contributed by atoms with E-state index in [-0.39, 0.29) is 34.3 Å². The van der Waals surface area contributed by atoms with Crippen LogP contribution in [-0.4, -0.2) is 45.7 Å². The van der Waals surface area contributed by atoms with Crippen LogP contribution in [0.5, 0.6) is 0 Å². The molecule has 3 aromatic rings. The molecule has 1 fully saturated rings. The minimum atomic E-state index is -4.83. The number of thiocarbonyl (C=S) groups is 1. The van der Waals surface area contributed by atoms with Crippen LogP contribution >= 0.6 is 35.3 Å². The lowest BCUT2D eigenvalue weighted by molar-refractivity contribution is -0.140. The smallest absolute Gasteiger partial charge is 0.419 e. The number of thiophene rings is 1. The van der Waals surface area contributed by atoms with Gasteiger partial charge in [-0.3, -0.25) is 14.5 Å². The molecule has 13 heteroatoms. The largest absolute Gasteiger partial charge is 0.478 e. The molecule has 1 N–H and O–H groups in total. The highest BCUT2D eigenvalue weighted by Gasteiger charge is 2.35. The van der Waals surface area contributed by atoms with Gasteiger partial charge in [0.05, 0.1) is 16.0 Å². The van der Waals surface area contributed by atoms with Gasteiger partial charge in [-0.2, -0.15) is 13.2 Å². The Morgan fingerprint density at radius 1 is 1.10 bits per heavy atom. The number of alkyl halides is 3. The van der Waals surface area contributed by atoms with Crippen LogP contribution in [0.25, 0.3) is 17.2 Å². The number of carboxylic acids is 1. The maximum absolute atomic E-state index is 13.6. The first-order valence-corrected chi connectivity index (χ1v) is 13.3. The SMILES string of the molecule is CN(C(=O)CCN1C(=O)/C(=C/c2cc(-c3ccc(F)c(C(F)(F)F)c3)cs2)SC1=S)c1ccc(C(=O)O)cc1. The van der Waals surface area contributed by atoms with Gasteiger partial charge >= 0.3 is 12.1 Å². The van der Waals surface area contributed by atoms with Crippen molar-refractivity contribution >= 4 is 69.2 Å². The van der Waals surface area contributed by atoms with Gasteiger partial charge in [0.1, 0.15) is 10.1 Å². The third-order valence-electron chi connectivity index (χ3n) is 5.80. The van der Waals surface area contributed by atoms with E-state index in [2.05, 4.69) is 0 Å². The van der Waals surface area contributed by atoms with Gasteiger partial charge in [-0.25, -0.2) is 9.18 Å². The maximum Gasteiger partial charge on any atom is 0.419 e. The number of benzene rings is 2. The zero-order valence-corrected chi connectivity index (χ0v) is 22.4. The Bertz CT molecular complexity index is 1500. The first-order chi connectivity index (χ1) is 18.3. The Hall–Kier alpha value is -3.55. The van der Waals surface area contributed by atoms with Crippen molar-refractivity contribution in [2.45, 2.75) is 12.6 Å². The van der Waals surface area contributed by atoms with Gasteiger partial charge in [-0.15, -0.1) is 11.3 Å². The van der Waals surface area contributed by atoms with Gasteiger partial charge in [-0.05, 0) is 65.0 Å². The van der Waals surface area contributed by atoms with Crippen LogP contribution in [-0.2, 0) is 15.8 Å². The first kappa shape index (κ1) is 28.5. The quantitative estimate of drug-likeness (QED) is 0.191. The molecule has 0 bridgehead atoms. The van der Waals surface area contributed by atoms with Crippen molar-refractivity contribution in [1.29, 1.82) is 0 Å². The zero-order valence-electron chi connectivity index (χ0n) is 20.0. The van der Waals surface area contributed by atoms with Gasteiger partial charge in [-0.1, -0.05) is 30.0 Å². The molecule has 2 heterocycles. The van der Waals surface area contributed by atoms with E-state index in [1.807, 2.05) is 0 Å². The number of carbonyl (C=O) groups is 3. The number of nitrogens with zero attached hydrogens (tertiary/aromatic N) is 2. The number of anilines is 1. The summed E-state index contributed by atoms with van der Waals surface area (Å²) < 4.78 is 53.1. The van der Waals surface area contributed by atoms with Crippen molar-refractivity contribution in [1.82, 2.24) is 4.90 Å². The molecule has 39 heavy (non-hydrogen) atoms. The lowest BCUT2D eigenvalue weighted by atomic mass is 10.0. The molecule has 0 radical (unpaired) electrons. The summed E-state index contributed by atoms with van der Waals surface area (Å²) in [6.45, 7) is 0.0316. The Morgan fingerprint density at radius 2 is 1.79 bits per heavy atom. The fourth-order valence-corrected chi connectivity index (χ4v) is 5.89. The highest BCUT2D eigenvalue weighted by Crippen LogP contribution is 2.37. The van der Waals surface area contributed by atoms with Crippen molar-refractivity contribution < 1.29 is 37.1 Å². The van der Waals surface area contributed by atoms with E-state index in [1.54, 1.807) is 17.5 Å². The Labute approximate surface area is 233 Å². The van der Waals surface area contributed by atoms with E-state index >= 15 is 0 Å². The van der Waals surface area contributed by atoms with E-state index in [0.717, 1.165) is 23.9 Å². The molecular formula is C26H18F4N2O4S3. The summed E-state index contributed by atoms with van der Waals surface area (Å²) in [7, 11) is 1.54. The second kappa shape index (κ2) is 11.3. The minimum Gasteiger partial charge on any atom is -0.478 e. The number of aromatic carboxylic acids is 1. The topological polar surface area (TPSA) is 77.9 Å². The van der Waals surface area contributed by atoms with Crippen LogP contribution in [0.4, 0.5) is 23.2 Å². The number of hydrogen-bond acceptors (Lipinski definition) is 6. The number of amides is 2. The van der Waals surface area contributed by atoms with Crippen molar-refractivity contribution in [3.05, 3.63) is 80.6 Å². The first-order valence-electron chi connectivity index (χ1n) is 11.2. The Balaban J connectivity index is 1.42. The molecule has 0 saturated carbocycles. The lowest BCUT2D eigenvalue weighted by Gasteiger charge is -2.20. The van der Waals surface area contributed by atoms with Crippen LogP contribution in [0.2, 0.25) is 0 Å². The van der Waals surface area contributed by atoms with E-state index in [1.165, 1.54) is 58.5 Å². The Morgan fingerprint density at radius 3 is 2.44 bits per heavy atom. The number of carbonyl (C=O) groups excluding carboxylic acids is 2. The van der Waals surface area contributed by atoms with Crippen LogP contribution in [0.1, 0.15) is 27.2 Å². The normalized spacial score (nSPS) is 14.8. The summed E-state index contributed by atoms with van der Waals surface area (Å²) in [6.07, 6.45) is -3.29. The van der Waals surface area contributed by atoms with Gasteiger partial charge < -0.3 is 10.0 Å². The number of halogens is 4. The molecule has 1 saturated heterocycles. The fourth-order valence-electron chi connectivity index (χ4n) is 3.67. The Kier molecular flexibility index (Phi) is 8.23. The molecule has 2 aromatic carbocycles. The monoisotopic (exact) mass is 594 g/mol. The second-order valence-electron chi connectivity index (χ2n) is 8.32. The number of hydrogen-bond donors (Lipinski definition) is 1. The zero-order chi connectivity index (χ0) is 28.5. The molecule has 6 nitrogen and oxygen atoms in total. The van der Waals surface area contributed by atoms with Crippen LogP contribution in [0.15, 0.2) is 58.8 Å². The van der Waals surface area contributed by atoms with Crippen LogP contribution in [0.3, 0.4) is 0 Å². The predicted molar refractivity (Wildman–Crippen MR) is 146 cm³/mol. The summed E-state index contributed by atoms with van der Waals surface area (Å²) in [6, 6.07) is 10.2. The van der Waals surface area contributed by atoms with Crippen molar-refractivity contribution in [2.24, 2.45) is 0 Å². The number of rotatable bonds is 7. The van der Waals surface area contributed by atoms with Crippen molar-refractivity contribution in [3.63, 3.8) is 0 Å². The van der Waals surface area contributed by atoms with E-state index in [9.17, 15) is 31.9 Å². The summed E-state index contributed by atoms with van der Waals surface area (Å²) in [5, 5.41) is 10.6. The number of thioether (sulfide) groups is 1. The molecular weight excluding hydrogens is 576 g/mol. The second-order valence-corrected chi connectivity index (χ2v) is 10.9. The van der Waals surface area contributed by atoms with Gasteiger partial charge in [0.25, 0.3) is 5.91 Å².